The number of pyridine rings is 1. The largest absolute Gasteiger partial charge is 0.472 e. The second kappa shape index (κ2) is 10.4. The standard InChI is InChI=1S/C31H32F7N7O2/c1-12-20(31(36,37)38)15(8-17(39)21(12)33)23-22(34)24-19-27(45-9-14-4-5-18(40-14)25(45)13(2)47-28(19)41-23)43-29(42-24)46-11-30-6-3-7-44(30)10-16(32)26(30)35/h8,13-14,16,18,25-26,40H,3-7,9-11,39H2,1-2H3/t13-,14+,16-,18-,25+,26-,30-/m0/s1. The second-order valence-corrected chi connectivity index (χ2v) is 13.3. The average molecular weight is 668 g/mol. The highest BCUT2D eigenvalue weighted by Crippen LogP contribution is 2.48. The van der Waals surface area contributed by atoms with Gasteiger partial charge in [0.25, 0.3) is 0 Å². The lowest BCUT2D eigenvalue weighted by Crippen LogP contribution is -2.62. The summed E-state index contributed by atoms with van der Waals surface area (Å²) in [5, 5.41) is 3.59. The third-order valence-corrected chi connectivity index (χ3v) is 10.6. The molecule has 0 radical (unpaired) electrons. The Balaban J connectivity index is 1.33. The molecular formula is C31H32F7N7O2. The maximum absolute atomic E-state index is 16.8. The van der Waals surface area contributed by atoms with Gasteiger partial charge in [-0.1, -0.05) is 0 Å². The van der Waals surface area contributed by atoms with Crippen LogP contribution >= 0.6 is 0 Å². The number of hydrogen-bond donors (Lipinski definition) is 2. The average Bonchev–Trinajstić information content (AvgIpc) is 3.64. The third kappa shape index (κ3) is 4.46. The number of piperazine rings is 1. The van der Waals surface area contributed by atoms with Crippen molar-refractivity contribution < 1.29 is 40.2 Å². The van der Waals surface area contributed by atoms with Crippen LogP contribution < -0.4 is 25.4 Å². The van der Waals surface area contributed by atoms with Crippen molar-refractivity contribution in [1.82, 2.24) is 25.2 Å². The summed E-state index contributed by atoms with van der Waals surface area (Å²) in [7, 11) is 0. The molecule has 5 aliphatic heterocycles. The number of nitrogens with two attached hydrogens (primary N) is 1. The highest BCUT2D eigenvalue weighted by molar-refractivity contribution is 5.97. The Morgan fingerprint density at radius 2 is 1.91 bits per heavy atom. The number of rotatable bonds is 4. The summed E-state index contributed by atoms with van der Waals surface area (Å²) in [4.78, 5) is 16.9. The molecule has 7 atom stereocenters. The van der Waals surface area contributed by atoms with Crippen molar-refractivity contribution in [1.29, 1.82) is 0 Å². The minimum absolute atomic E-state index is 0.0309. The fourth-order valence-electron chi connectivity index (χ4n) is 8.52. The number of hydrogen-bond acceptors (Lipinski definition) is 9. The third-order valence-electron chi connectivity index (χ3n) is 10.6. The van der Waals surface area contributed by atoms with Crippen molar-refractivity contribution >= 4 is 22.4 Å². The molecule has 2 aromatic heterocycles. The van der Waals surface area contributed by atoms with Gasteiger partial charge in [-0.25, -0.2) is 22.5 Å². The minimum atomic E-state index is -5.10. The van der Waals surface area contributed by atoms with E-state index in [0.717, 1.165) is 19.8 Å². The fourth-order valence-corrected chi connectivity index (χ4v) is 8.52. The van der Waals surface area contributed by atoms with Gasteiger partial charge in [-0.15, -0.1) is 0 Å². The van der Waals surface area contributed by atoms with E-state index in [4.69, 9.17) is 15.2 Å². The van der Waals surface area contributed by atoms with Gasteiger partial charge in [0.1, 0.15) is 47.1 Å². The summed E-state index contributed by atoms with van der Waals surface area (Å²) in [5.41, 5.74) is -0.407. The van der Waals surface area contributed by atoms with Gasteiger partial charge in [-0.05, 0) is 57.7 Å². The molecule has 0 unspecified atom stereocenters. The van der Waals surface area contributed by atoms with Gasteiger partial charge in [0, 0.05) is 30.7 Å². The number of ether oxygens (including phenoxy) is 2. The molecule has 3 N–H and O–H groups in total. The Kier molecular flexibility index (Phi) is 6.80. The van der Waals surface area contributed by atoms with E-state index in [-0.39, 0.29) is 54.4 Å². The van der Waals surface area contributed by atoms with Crippen LogP contribution in [0.5, 0.6) is 11.9 Å². The van der Waals surface area contributed by atoms with Crippen LogP contribution in [-0.4, -0.2) is 88.2 Å². The Morgan fingerprint density at radius 1 is 1.13 bits per heavy atom. The smallest absolute Gasteiger partial charge is 0.417 e. The van der Waals surface area contributed by atoms with Crippen molar-refractivity contribution in [2.24, 2.45) is 0 Å². The van der Waals surface area contributed by atoms with Gasteiger partial charge in [-0.2, -0.15) is 23.1 Å². The number of aromatic nitrogens is 3. The van der Waals surface area contributed by atoms with Crippen molar-refractivity contribution in [2.75, 3.05) is 36.9 Å². The molecule has 0 spiro atoms. The van der Waals surface area contributed by atoms with E-state index in [1.807, 2.05) is 4.90 Å². The second-order valence-electron chi connectivity index (χ2n) is 13.3. The number of nitrogens with zero attached hydrogens (tertiary/aromatic N) is 5. The minimum Gasteiger partial charge on any atom is -0.472 e. The van der Waals surface area contributed by atoms with Crippen LogP contribution in [0.25, 0.3) is 22.2 Å². The molecule has 47 heavy (non-hydrogen) atoms. The molecule has 3 aromatic rings. The molecule has 1 aromatic carbocycles. The van der Waals surface area contributed by atoms with E-state index < -0.39 is 75.4 Å². The van der Waals surface area contributed by atoms with Crippen LogP contribution in [0.3, 0.4) is 0 Å². The van der Waals surface area contributed by atoms with Crippen LogP contribution in [0.1, 0.15) is 43.7 Å². The lowest BCUT2D eigenvalue weighted by molar-refractivity contribution is -0.137. The predicted molar refractivity (Wildman–Crippen MR) is 157 cm³/mol. The first-order chi connectivity index (χ1) is 22.3. The first-order valence-corrected chi connectivity index (χ1v) is 15.7. The monoisotopic (exact) mass is 667 g/mol. The molecule has 252 valence electrons. The van der Waals surface area contributed by atoms with E-state index in [9.17, 15) is 22.0 Å². The van der Waals surface area contributed by atoms with Crippen molar-refractivity contribution in [3.8, 4) is 23.1 Å². The summed E-state index contributed by atoms with van der Waals surface area (Å²) in [5.74, 6) is -2.53. The molecule has 8 rings (SSSR count). The predicted octanol–water partition coefficient (Wildman–Crippen LogP) is 4.87. The van der Waals surface area contributed by atoms with E-state index in [1.54, 1.807) is 11.8 Å². The molecular weight excluding hydrogens is 635 g/mol. The van der Waals surface area contributed by atoms with Crippen molar-refractivity contribution in [2.45, 2.75) is 87.8 Å². The summed E-state index contributed by atoms with van der Waals surface area (Å²) >= 11 is 0. The first-order valence-electron chi connectivity index (χ1n) is 15.7. The lowest BCUT2D eigenvalue weighted by Gasteiger charge is -2.42. The van der Waals surface area contributed by atoms with E-state index in [1.165, 1.54) is 0 Å². The Labute approximate surface area is 264 Å². The van der Waals surface area contributed by atoms with Crippen molar-refractivity contribution in [3.05, 3.63) is 28.8 Å². The molecule has 0 amide bonds. The summed E-state index contributed by atoms with van der Waals surface area (Å²) in [6.45, 7) is 3.25. The van der Waals surface area contributed by atoms with Gasteiger partial charge in [0.05, 0.1) is 22.8 Å². The molecule has 7 heterocycles. The number of anilines is 2. The summed E-state index contributed by atoms with van der Waals surface area (Å²) < 4.78 is 117. The lowest BCUT2D eigenvalue weighted by atomic mass is 9.93. The van der Waals surface area contributed by atoms with Crippen LogP contribution in [0.4, 0.5) is 42.2 Å². The van der Waals surface area contributed by atoms with Crippen LogP contribution in [0.2, 0.25) is 0 Å². The normalized spacial score (nSPS) is 31.6. The SMILES string of the molecule is Cc1c(F)c(N)cc(-c2nc3c4c(nc(OC[C@]56CCCN5C[C@H](F)[C@@H]6F)nc4c2F)N2C[C@H]4CC[C@H](N4)[C@H]2[C@H](C)O3)c1C(F)(F)F. The van der Waals surface area contributed by atoms with E-state index in [2.05, 4.69) is 20.3 Å². The Hall–Kier alpha value is -3.66. The zero-order chi connectivity index (χ0) is 33.2. The molecule has 5 aliphatic rings. The van der Waals surface area contributed by atoms with Gasteiger partial charge >= 0.3 is 12.2 Å². The topological polar surface area (TPSA) is 102 Å². The molecule has 16 heteroatoms. The number of nitrogen functional groups attached to an aromatic ring is 1. The highest BCUT2D eigenvalue weighted by Gasteiger charge is 2.58. The molecule has 9 nitrogen and oxygen atoms in total. The number of alkyl halides is 5. The van der Waals surface area contributed by atoms with E-state index >= 15 is 8.78 Å². The van der Waals surface area contributed by atoms with Gasteiger partial charge < -0.3 is 25.4 Å². The summed E-state index contributed by atoms with van der Waals surface area (Å²) in [6.07, 6.45) is -6.52. The maximum Gasteiger partial charge on any atom is 0.417 e. The Bertz CT molecular complexity index is 1790. The molecule has 4 fully saturated rings. The van der Waals surface area contributed by atoms with Crippen LogP contribution in [0.15, 0.2) is 6.07 Å². The van der Waals surface area contributed by atoms with Gasteiger partial charge in [0.2, 0.25) is 5.88 Å². The Morgan fingerprint density at radius 3 is 2.68 bits per heavy atom. The zero-order valence-corrected chi connectivity index (χ0v) is 25.5. The molecule has 0 saturated carbocycles. The van der Waals surface area contributed by atoms with Crippen LogP contribution in [-0.2, 0) is 6.18 Å². The van der Waals surface area contributed by atoms with Crippen molar-refractivity contribution in [3.63, 3.8) is 0 Å². The molecule has 4 saturated heterocycles. The zero-order valence-electron chi connectivity index (χ0n) is 25.5. The first kappa shape index (κ1) is 30.7. The number of halogens is 7. The highest BCUT2D eigenvalue weighted by atomic mass is 19.4. The quantitative estimate of drug-likeness (QED) is 0.298. The van der Waals surface area contributed by atoms with E-state index in [0.29, 0.717) is 32.0 Å². The fraction of sp³-hybridized carbons (Fsp3) is 0.581. The number of benzene rings is 1. The molecule has 0 aliphatic carbocycles. The number of nitrogens with one attached hydrogen (secondary N) is 1. The number of fused-ring (bicyclic) bond motifs is 6. The van der Waals surface area contributed by atoms with Crippen LogP contribution in [0, 0.1) is 18.6 Å². The summed E-state index contributed by atoms with van der Waals surface area (Å²) in [6, 6.07) is 0.0794. The maximum atomic E-state index is 16.8. The van der Waals surface area contributed by atoms with Gasteiger partial charge in [-0.3, -0.25) is 4.90 Å². The molecule has 2 bridgehead atoms. The van der Waals surface area contributed by atoms with Gasteiger partial charge in [0.15, 0.2) is 12.0 Å².